The highest BCUT2D eigenvalue weighted by Crippen LogP contribution is 2.23. The summed E-state index contributed by atoms with van der Waals surface area (Å²) in [5.74, 6) is 0.111. The van der Waals surface area contributed by atoms with Crippen LogP contribution in [0.3, 0.4) is 0 Å². The lowest BCUT2D eigenvalue weighted by atomic mass is 9.99. The summed E-state index contributed by atoms with van der Waals surface area (Å²) in [6.45, 7) is 6.02. The second kappa shape index (κ2) is 9.34. The molecular formula is C19H26N3O2S+. The number of hydrazine groups is 1. The fraction of sp³-hybridized carbons (Fsp3) is 0.368. The summed E-state index contributed by atoms with van der Waals surface area (Å²) in [7, 11) is 0. The third-order valence-corrected chi connectivity index (χ3v) is 4.70. The van der Waals surface area contributed by atoms with Crippen LogP contribution in [-0.4, -0.2) is 18.4 Å². The van der Waals surface area contributed by atoms with Gasteiger partial charge in [0.05, 0.1) is 4.88 Å². The van der Waals surface area contributed by atoms with E-state index < -0.39 is 0 Å². The van der Waals surface area contributed by atoms with Gasteiger partial charge in [0.15, 0.2) is 6.54 Å². The van der Waals surface area contributed by atoms with Crippen LogP contribution in [0.15, 0.2) is 41.8 Å². The highest BCUT2D eigenvalue weighted by molar-refractivity contribution is 7.10. The van der Waals surface area contributed by atoms with Gasteiger partial charge in [-0.2, -0.15) is 0 Å². The van der Waals surface area contributed by atoms with Crippen molar-refractivity contribution < 1.29 is 14.9 Å². The standard InChI is InChI=1S/C19H25N3O2S/c1-13(2)11-15-6-8-16(9-7-15)19(17-5-4-10-25-17)20-12-18(24)22-21-14(3)23/h4-10,13,19-20H,11-12H2,1-3H3,(H,21,23)(H,22,24)/p+1/t19-/m1/s1. The van der Waals surface area contributed by atoms with Crippen molar-refractivity contribution in [2.24, 2.45) is 5.92 Å². The molecule has 6 heteroatoms. The summed E-state index contributed by atoms with van der Waals surface area (Å²) in [6, 6.07) is 12.8. The number of nitrogens with two attached hydrogens (primary N) is 1. The lowest BCUT2D eigenvalue weighted by molar-refractivity contribution is -0.676. The minimum absolute atomic E-state index is 0.0659. The predicted octanol–water partition coefficient (Wildman–Crippen LogP) is 1.77. The summed E-state index contributed by atoms with van der Waals surface area (Å²) < 4.78 is 0. The number of hydrogen-bond acceptors (Lipinski definition) is 3. The van der Waals surface area contributed by atoms with Crippen LogP contribution in [0.25, 0.3) is 0 Å². The average molecular weight is 361 g/mol. The highest BCUT2D eigenvalue weighted by atomic mass is 32.1. The Morgan fingerprint density at radius 2 is 1.84 bits per heavy atom. The van der Waals surface area contributed by atoms with E-state index in [1.54, 1.807) is 11.3 Å². The topological polar surface area (TPSA) is 74.8 Å². The van der Waals surface area contributed by atoms with Crippen LogP contribution in [0.4, 0.5) is 0 Å². The molecule has 4 N–H and O–H groups in total. The molecule has 0 fully saturated rings. The Morgan fingerprint density at radius 1 is 1.12 bits per heavy atom. The molecule has 1 heterocycles. The van der Waals surface area contributed by atoms with Gasteiger partial charge in [0, 0.05) is 12.5 Å². The Hall–Kier alpha value is -2.18. The molecule has 2 aromatic rings. The SMILES string of the molecule is CC(=O)NNC(=O)C[NH2+][C@H](c1ccc(CC(C)C)cc1)c1cccs1. The molecule has 5 nitrogen and oxygen atoms in total. The minimum Gasteiger partial charge on any atom is -0.328 e. The normalized spacial score (nSPS) is 12.0. The number of nitrogens with one attached hydrogen (secondary N) is 2. The summed E-state index contributed by atoms with van der Waals surface area (Å²) in [5, 5.41) is 4.03. The van der Waals surface area contributed by atoms with E-state index in [4.69, 9.17) is 0 Å². The summed E-state index contributed by atoms with van der Waals surface area (Å²) in [6.07, 6.45) is 1.06. The Morgan fingerprint density at radius 3 is 2.40 bits per heavy atom. The number of quaternary nitrogens is 1. The van der Waals surface area contributed by atoms with Gasteiger partial charge in [-0.3, -0.25) is 20.4 Å². The van der Waals surface area contributed by atoms with Crippen LogP contribution in [0.1, 0.15) is 42.8 Å². The molecule has 0 aliphatic carbocycles. The summed E-state index contributed by atoms with van der Waals surface area (Å²) >= 11 is 1.68. The fourth-order valence-corrected chi connectivity index (χ4v) is 3.50. The van der Waals surface area contributed by atoms with Gasteiger partial charge in [-0.1, -0.05) is 44.2 Å². The first-order chi connectivity index (χ1) is 12.0. The second-order valence-corrected chi connectivity index (χ2v) is 7.48. The monoisotopic (exact) mass is 360 g/mol. The number of carbonyl (C=O) groups excluding carboxylic acids is 2. The number of thiophene rings is 1. The first kappa shape index (κ1) is 19.1. The minimum atomic E-state index is -0.288. The predicted molar refractivity (Wildman–Crippen MR) is 99.9 cm³/mol. The summed E-state index contributed by atoms with van der Waals surface area (Å²) in [5.41, 5.74) is 7.21. The van der Waals surface area contributed by atoms with Crippen molar-refractivity contribution >= 4 is 23.2 Å². The molecule has 1 aromatic heterocycles. The van der Waals surface area contributed by atoms with E-state index >= 15 is 0 Å². The van der Waals surface area contributed by atoms with Crippen LogP contribution in [0.2, 0.25) is 0 Å². The third-order valence-electron chi connectivity index (χ3n) is 3.75. The number of rotatable bonds is 7. The van der Waals surface area contributed by atoms with Crippen LogP contribution in [0, 0.1) is 5.92 Å². The van der Waals surface area contributed by atoms with E-state index in [0.29, 0.717) is 5.92 Å². The molecule has 0 radical (unpaired) electrons. The fourth-order valence-electron chi connectivity index (χ4n) is 2.65. The number of hydrogen-bond donors (Lipinski definition) is 3. The zero-order valence-corrected chi connectivity index (χ0v) is 15.7. The molecule has 0 aliphatic rings. The van der Waals surface area contributed by atoms with Gasteiger partial charge in [0.25, 0.3) is 5.91 Å². The molecule has 1 atom stereocenters. The van der Waals surface area contributed by atoms with E-state index in [1.165, 1.54) is 22.9 Å². The molecule has 2 rings (SSSR count). The van der Waals surface area contributed by atoms with Crippen LogP contribution in [-0.2, 0) is 16.0 Å². The van der Waals surface area contributed by atoms with Gasteiger partial charge in [-0.25, -0.2) is 0 Å². The molecule has 0 saturated heterocycles. The van der Waals surface area contributed by atoms with Crippen LogP contribution >= 0.6 is 11.3 Å². The van der Waals surface area contributed by atoms with E-state index in [9.17, 15) is 9.59 Å². The smallest absolute Gasteiger partial charge is 0.293 e. The molecule has 2 amide bonds. The molecule has 0 bridgehead atoms. The lowest BCUT2D eigenvalue weighted by Gasteiger charge is -2.15. The lowest BCUT2D eigenvalue weighted by Crippen LogP contribution is -2.88. The van der Waals surface area contributed by atoms with Gasteiger partial charge in [-0.05, 0) is 29.3 Å². The van der Waals surface area contributed by atoms with E-state index in [-0.39, 0.29) is 24.4 Å². The van der Waals surface area contributed by atoms with Crippen molar-refractivity contribution in [3.8, 4) is 0 Å². The Bertz CT molecular complexity index is 681. The molecule has 0 saturated carbocycles. The van der Waals surface area contributed by atoms with Crippen molar-refractivity contribution in [2.45, 2.75) is 33.2 Å². The first-order valence-corrected chi connectivity index (χ1v) is 9.34. The van der Waals surface area contributed by atoms with Gasteiger partial charge in [0.1, 0.15) is 6.04 Å². The second-order valence-electron chi connectivity index (χ2n) is 6.50. The molecule has 0 aliphatic heterocycles. The zero-order chi connectivity index (χ0) is 18.2. The van der Waals surface area contributed by atoms with Crippen molar-refractivity contribution in [2.75, 3.05) is 6.54 Å². The number of benzene rings is 1. The number of carbonyl (C=O) groups is 2. The van der Waals surface area contributed by atoms with Crippen molar-refractivity contribution in [1.82, 2.24) is 10.9 Å². The average Bonchev–Trinajstić information content (AvgIpc) is 3.08. The molecule has 0 spiro atoms. The first-order valence-electron chi connectivity index (χ1n) is 8.46. The van der Waals surface area contributed by atoms with E-state index in [0.717, 1.165) is 6.42 Å². The Labute approximate surface area is 152 Å². The number of amides is 2. The molecule has 0 unspecified atom stereocenters. The van der Waals surface area contributed by atoms with Crippen molar-refractivity contribution in [3.05, 3.63) is 57.8 Å². The van der Waals surface area contributed by atoms with Crippen molar-refractivity contribution in [1.29, 1.82) is 0 Å². The zero-order valence-electron chi connectivity index (χ0n) is 14.9. The largest absolute Gasteiger partial charge is 0.328 e. The van der Waals surface area contributed by atoms with Gasteiger partial charge in [0.2, 0.25) is 5.91 Å². The van der Waals surface area contributed by atoms with E-state index in [1.807, 2.05) is 16.8 Å². The van der Waals surface area contributed by atoms with Crippen molar-refractivity contribution in [3.63, 3.8) is 0 Å². The maximum Gasteiger partial charge on any atom is 0.293 e. The summed E-state index contributed by atoms with van der Waals surface area (Å²) in [4.78, 5) is 23.9. The molecule has 134 valence electrons. The van der Waals surface area contributed by atoms with E-state index in [2.05, 4.69) is 55.0 Å². The molecule has 1 aromatic carbocycles. The highest BCUT2D eigenvalue weighted by Gasteiger charge is 2.20. The van der Waals surface area contributed by atoms with Gasteiger partial charge < -0.3 is 5.32 Å². The molecular weight excluding hydrogens is 334 g/mol. The maximum atomic E-state index is 11.9. The third kappa shape index (κ3) is 6.32. The molecule has 25 heavy (non-hydrogen) atoms. The Balaban J connectivity index is 2.06. The Kier molecular flexibility index (Phi) is 7.16. The van der Waals surface area contributed by atoms with Gasteiger partial charge >= 0.3 is 0 Å². The maximum absolute atomic E-state index is 11.9. The quantitative estimate of drug-likeness (QED) is 0.658. The van der Waals surface area contributed by atoms with Crippen LogP contribution < -0.4 is 16.2 Å². The van der Waals surface area contributed by atoms with Gasteiger partial charge in [-0.15, -0.1) is 11.3 Å². The van der Waals surface area contributed by atoms with Crippen LogP contribution in [0.5, 0.6) is 0 Å².